The lowest BCUT2D eigenvalue weighted by molar-refractivity contribution is -0.140. The molecule has 1 atom stereocenters. The average molecular weight is 557 g/mol. The number of rotatable bonds is 5. The number of carbonyl (C=O) groups excluding carboxylic acids is 1. The molecule has 1 aliphatic rings. The third-order valence-electron chi connectivity index (χ3n) is 4.54. The minimum Gasteiger partial charge on any atom is -0.486 e. The molecule has 0 radical (unpaired) electrons. The molecular formula is C19H16F4INO4S. The Labute approximate surface area is 184 Å². The molecule has 5 nitrogen and oxygen atoms in total. The molecule has 0 aliphatic carbocycles. The van der Waals surface area contributed by atoms with Crippen molar-refractivity contribution >= 4 is 42.1 Å². The molecule has 162 valence electrons. The van der Waals surface area contributed by atoms with E-state index >= 15 is 0 Å². The van der Waals surface area contributed by atoms with Crippen LogP contribution in [0.3, 0.4) is 0 Å². The van der Waals surface area contributed by atoms with E-state index in [1.54, 1.807) is 47.7 Å². The molecule has 0 saturated carbocycles. The monoisotopic (exact) mass is 557 g/mol. The number of carbonyl (C=O) groups is 1. The van der Waals surface area contributed by atoms with Crippen molar-refractivity contribution in [1.82, 2.24) is 0 Å². The molecule has 2 aromatic rings. The van der Waals surface area contributed by atoms with Gasteiger partial charge >= 0.3 is 6.18 Å². The van der Waals surface area contributed by atoms with Crippen LogP contribution in [0.5, 0.6) is 5.75 Å². The second kappa shape index (κ2) is 8.33. The van der Waals surface area contributed by atoms with Crippen LogP contribution >= 0.6 is 22.6 Å². The topological polar surface area (TPSA) is 63.7 Å². The Hall–Kier alpha value is -1.89. The molecule has 0 bridgehead atoms. The molecule has 0 unspecified atom stereocenters. The van der Waals surface area contributed by atoms with Gasteiger partial charge in [0.15, 0.2) is 3.79 Å². The van der Waals surface area contributed by atoms with Crippen molar-refractivity contribution in [2.24, 2.45) is 0 Å². The minimum atomic E-state index is -5.04. The molecule has 0 saturated heterocycles. The van der Waals surface area contributed by atoms with Gasteiger partial charge in [-0.1, -0.05) is 6.07 Å². The van der Waals surface area contributed by atoms with Crippen LogP contribution in [-0.4, -0.2) is 24.9 Å². The Morgan fingerprint density at radius 3 is 2.57 bits per heavy atom. The fourth-order valence-corrected chi connectivity index (χ4v) is 4.92. The third kappa shape index (κ3) is 4.71. The van der Waals surface area contributed by atoms with Gasteiger partial charge in [-0.2, -0.15) is 13.2 Å². The van der Waals surface area contributed by atoms with Gasteiger partial charge in [-0.25, -0.2) is 12.8 Å². The fraction of sp³-hybridized carbons (Fsp3) is 0.316. The van der Waals surface area contributed by atoms with Gasteiger partial charge in [0.2, 0.25) is 0 Å². The minimum absolute atomic E-state index is 0.131. The summed E-state index contributed by atoms with van der Waals surface area (Å²) in [5.41, 5.74) is -0.771. The third-order valence-corrected chi connectivity index (χ3v) is 6.86. The molecule has 11 heteroatoms. The largest absolute Gasteiger partial charge is 0.486 e. The van der Waals surface area contributed by atoms with Gasteiger partial charge in [0.1, 0.15) is 17.7 Å². The number of fused-ring (bicyclic) bond motifs is 1. The van der Waals surface area contributed by atoms with E-state index in [1.165, 1.54) is 0 Å². The van der Waals surface area contributed by atoms with Crippen LogP contribution < -0.4 is 9.04 Å². The van der Waals surface area contributed by atoms with E-state index in [4.69, 9.17) is 4.74 Å². The summed E-state index contributed by atoms with van der Waals surface area (Å²) < 4.78 is 86.0. The van der Waals surface area contributed by atoms with Gasteiger partial charge in [0, 0.05) is 6.42 Å². The Morgan fingerprint density at radius 2 is 1.93 bits per heavy atom. The van der Waals surface area contributed by atoms with Gasteiger partial charge in [-0.3, -0.25) is 9.10 Å². The highest BCUT2D eigenvalue weighted by molar-refractivity contribution is 14.1. The molecule has 1 heterocycles. The average Bonchev–Trinajstić information content (AvgIpc) is 2.65. The molecule has 3 rings (SSSR count). The predicted molar refractivity (Wildman–Crippen MR) is 110 cm³/mol. The Bertz CT molecular complexity index is 1090. The zero-order valence-electron chi connectivity index (χ0n) is 15.5. The summed E-state index contributed by atoms with van der Waals surface area (Å²) >= 11 is 1.62. The molecule has 2 aromatic carbocycles. The number of alkyl halides is 3. The van der Waals surface area contributed by atoms with Crippen LogP contribution in [0.25, 0.3) is 0 Å². The number of aryl methyl sites for hydroxylation is 1. The molecule has 0 amide bonds. The number of sulfonamides is 1. The smallest absolute Gasteiger partial charge is 0.419 e. The summed E-state index contributed by atoms with van der Waals surface area (Å²) in [5.74, 6) is -1.32. The molecule has 1 aliphatic heterocycles. The number of halogens is 5. The molecule has 0 N–H and O–H groups in total. The Morgan fingerprint density at radius 1 is 1.23 bits per heavy atom. The van der Waals surface area contributed by atoms with Crippen LogP contribution in [0.15, 0.2) is 41.3 Å². The molecular weight excluding hydrogens is 541 g/mol. The second-order valence-corrected chi connectivity index (χ2v) is 9.85. The van der Waals surface area contributed by atoms with Crippen molar-refractivity contribution in [3.8, 4) is 5.75 Å². The zero-order chi connectivity index (χ0) is 22.3. The number of hydrogen-bond acceptors (Lipinski definition) is 4. The SMILES string of the molecule is Cc1ccc2c(c1)N(S(=O)(=O)c1ccc(F)c(C(F)(F)F)c1)C[C@H](CCC(=O)I)O2. The first-order valence-corrected chi connectivity index (χ1v) is 11.3. The lowest BCUT2D eigenvalue weighted by Gasteiger charge is -2.35. The summed E-state index contributed by atoms with van der Waals surface area (Å²) in [4.78, 5) is 10.6. The molecule has 0 aromatic heterocycles. The van der Waals surface area contributed by atoms with Crippen molar-refractivity contribution in [2.45, 2.75) is 36.9 Å². The highest BCUT2D eigenvalue weighted by atomic mass is 127. The molecule has 0 fully saturated rings. The maximum Gasteiger partial charge on any atom is 0.419 e. The summed E-state index contributed by atoms with van der Waals surface area (Å²) in [6.45, 7) is 1.53. The van der Waals surface area contributed by atoms with Crippen LogP contribution in [0, 0.1) is 12.7 Å². The van der Waals surface area contributed by atoms with Crippen molar-refractivity contribution in [2.75, 3.05) is 10.8 Å². The van der Waals surface area contributed by atoms with E-state index in [1.807, 2.05) is 0 Å². The maximum atomic E-state index is 13.6. The van der Waals surface area contributed by atoms with Crippen molar-refractivity contribution in [3.63, 3.8) is 0 Å². The van der Waals surface area contributed by atoms with Crippen LogP contribution in [0.2, 0.25) is 0 Å². The normalized spacial score (nSPS) is 16.7. The second-order valence-electron chi connectivity index (χ2n) is 6.78. The number of ether oxygens (including phenoxy) is 1. The first kappa shape index (κ1) is 22.8. The van der Waals surface area contributed by atoms with E-state index in [0.29, 0.717) is 17.7 Å². The first-order valence-electron chi connectivity index (χ1n) is 8.74. The summed E-state index contributed by atoms with van der Waals surface area (Å²) in [6.07, 6.45) is -5.33. The van der Waals surface area contributed by atoms with E-state index in [9.17, 15) is 30.8 Å². The van der Waals surface area contributed by atoms with Crippen molar-refractivity contribution in [3.05, 3.63) is 53.3 Å². The van der Waals surface area contributed by atoms with Gasteiger partial charge in [-0.05, 0) is 71.8 Å². The number of benzene rings is 2. The van der Waals surface area contributed by atoms with E-state index in [-0.39, 0.29) is 34.6 Å². The highest BCUT2D eigenvalue weighted by Gasteiger charge is 2.38. The lowest BCUT2D eigenvalue weighted by Crippen LogP contribution is -2.43. The van der Waals surface area contributed by atoms with Gasteiger partial charge < -0.3 is 4.74 Å². The van der Waals surface area contributed by atoms with Crippen molar-refractivity contribution in [1.29, 1.82) is 0 Å². The lowest BCUT2D eigenvalue weighted by atomic mass is 10.1. The predicted octanol–water partition coefficient (Wildman–Crippen LogP) is 4.85. The summed E-state index contributed by atoms with van der Waals surface area (Å²) in [6, 6.07) is 6.39. The summed E-state index contributed by atoms with van der Waals surface area (Å²) in [5, 5.41) is 0. The molecule has 0 spiro atoms. The fourth-order valence-electron chi connectivity index (χ4n) is 3.08. The van der Waals surface area contributed by atoms with Gasteiger partial charge in [-0.15, -0.1) is 0 Å². The Kier molecular flexibility index (Phi) is 6.33. The number of nitrogens with zero attached hydrogens (tertiary/aromatic N) is 1. The van der Waals surface area contributed by atoms with Crippen LogP contribution in [0.1, 0.15) is 24.0 Å². The number of anilines is 1. The van der Waals surface area contributed by atoms with Crippen LogP contribution in [-0.2, 0) is 21.0 Å². The van der Waals surface area contributed by atoms with Crippen LogP contribution in [0.4, 0.5) is 23.2 Å². The quantitative estimate of drug-likeness (QED) is 0.300. The first-order chi connectivity index (χ1) is 13.9. The maximum absolute atomic E-state index is 13.6. The summed E-state index contributed by atoms with van der Waals surface area (Å²) in [7, 11) is -4.46. The zero-order valence-corrected chi connectivity index (χ0v) is 18.5. The molecule has 30 heavy (non-hydrogen) atoms. The van der Waals surface area contributed by atoms with Crippen molar-refractivity contribution < 1.29 is 35.5 Å². The van der Waals surface area contributed by atoms with E-state index < -0.39 is 38.6 Å². The standard InChI is InChI=1S/C19H16F4INO4S/c1-11-2-6-17-16(8-11)25(10-12(29-17)3-7-18(24)26)30(27,28)13-4-5-15(20)14(9-13)19(21,22)23/h2,4-6,8-9,12H,3,7,10H2,1H3/t12-/m0/s1. The highest BCUT2D eigenvalue weighted by Crippen LogP contribution is 2.40. The van der Waals surface area contributed by atoms with Gasteiger partial charge in [0.05, 0.1) is 22.7 Å². The number of hydrogen-bond donors (Lipinski definition) is 0. The van der Waals surface area contributed by atoms with E-state index in [0.717, 1.165) is 10.4 Å². The Balaban J connectivity index is 2.07. The van der Waals surface area contributed by atoms with Gasteiger partial charge in [0.25, 0.3) is 10.0 Å². The van der Waals surface area contributed by atoms with E-state index in [2.05, 4.69) is 0 Å².